The fourth-order valence-corrected chi connectivity index (χ4v) is 2.96. The van der Waals surface area contributed by atoms with E-state index in [1.165, 1.54) is 5.56 Å². The summed E-state index contributed by atoms with van der Waals surface area (Å²) in [5.74, 6) is 1.73. The fraction of sp³-hybridized carbons (Fsp3) is 0.632. The molecule has 2 unspecified atom stereocenters. The number of piperazine rings is 1. The van der Waals surface area contributed by atoms with Gasteiger partial charge >= 0.3 is 0 Å². The van der Waals surface area contributed by atoms with E-state index in [2.05, 4.69) is 65.5 Å². The van der Waals surface area contributed by atoms with Gasteiger partial charge in [-0.05, 0) is 45.6 Å². The molecule has 0 amide bonds. The van der Waals surface area contributed by atoms with Crippen LogP contribution < -0.4 is 15.4 Å². The molecule has 0 spiro atoms. The van der Waals surface area contributed by atoms with Crippen LogP contribution in [0.1, 0.15) is 12.5 Å². The summed E-state index contributed by atoms with van der Waals surface area (Å²) in [6.07, 6.45) is 0.0591. The van der Waals surface area contributed by atoms with Crippen LogP contribution in [0, 0.1) is 6.92 Å². The molecule has 0 bridgehead atoms. The maximum Gasteiger partial charge on any atom is 0.191 e. The molecule has 1 aromatic carbocycles. The van der Waals surface area contributed by atoms with Gasteiger partial charge in [-0.3, -0.25) is 9.89 Å². The van der Waals surface area contributed by atoms with E-state index in [9.17, 15) is 0 Å². The molecular weight excluding hydrogens is 314 g/mol. The van der Waals surface area contributed by atoms with Crippen molar-refractivity contribution < 1.29 is 4.74 Å². The average molecular weight is 348 g/mol. The number of benzene rings is 1. The highest BCUT2D eigenvalue weighted by molar-refractivity contribution is 5.79. The van der Waals surface area contributed by atoms with Crippen molar-refractivity contribution in [3.05, 3.63) is 29.8 Å². The van der Waals surface area contributed by atoms with Crippen molar-refractivity contribution in [3.8, 4) is 5.75 Å². The third-order valence-electron chi connectivity index (χ3n) is 4.59. The number of likely N-dealkylation sites (N-methyl/N-ethyl adjacent to an activating group) is 2. The molecule has 6 heteroatoms. The Morgan fingerprint density at radius 2 is 2.12 bits per heavy atom. The van der Waals surface area contributed by atoms with E-state index in [0.29, 0.717) is 12.6 Å². The van der Waals surface area contributed by atoms with Crippen LogP contribution in [0.5, 0.6) is 5.75 Å². The highest BCUT2D eigenvalue weighted by Crippen LogP contribution is 2.13. The van der Waals surface area contributed by atoms with Crippen LogP contribution in [0.25, 0.3) is 0 Å². The van der Waals surface area contributed by atoms with Crippen LogP contribution in [0.4, 0.5) is 0 Å². The normalized spacial score (nSPS) is 21.0. The standard InChI is InChI=1S/C19H33N5O/c1-15-7-6-8-18(11-15)25-16(2)12-21-19(20-3)22-13-17-14-23(4)9-10-24(17)5/h6-8,11,16-17H,9-10,12-14H2,1-5H3,(H2,20,21,22). The van der Waals surface area contributed by atoms with Gasteiger partial charge in [0.25, 0.3) is 0 Å². The molecule has 0 aliphatic carbocycles. The average Bonchev–Trinajstić information content (AvgIpc) is 2.58. The van der Waals surface area contributed by atoms with Gasteiger partial charge < -0.3 is 20.3 Å². The van der Waals surface area contributed by atoms with E-state index < -0.39 is 0 Å². The summed E-state index contributed by atoms with van der Waals surface area (Å²) in [7, 11) is 6.17. The predicted octanol–water partition coefficient (Wildman–Crippen LogP) is 1.17. The number of aryl methyl sites for hydroxylation is 1. The summed E-state index contributed by atoms with van der Waals surface area (Å²) in [5.41, 5.74) is 1.21. The van der Waals surface area contributed by atoms with Crippen molar-refractivity contribution in [2.24, 2.45) is 4.99 Å². The van der Waals surface area contributed by atoms with Gasteiger partial charge in [0.2, 0.25) is 0 Å². The molecule has 1 saturated heterocycles. The lowest BCUT2D eigenvalue weighted by atomic mass is 10.2. The number of hydrogen-bond donors (Lipinski definition) is 2. The molecule has 1 aliphatic heterocycles. The number of rotatable bonds is 6. The molecule has 25 heavy (non-hydrogen) atoms. The Hall–Kier alpha value is -1.79. The minimum absolute atomic E-state index is 0.0591. The molecule has 2 N–H and O–H groups in total. The van der Waals surface area contributed by atoms with E-state index >= 15 is 0 Å². The molecule has 1 aliphatic rings. The topological polar surface area (TPSA) is 52.1 Å². The summed E-state index contributed by atoms with van der Waals surface area (Å²) < 4.78 is 5.96. The molecule has 2 atom stereocenters. The maximum atomic E-state index is 5.96. The van der Waals surface area contributed by atoms with Crippen LogP contribution in [-0.4, -0.2) is 81.8 Å². The zero-order valence-electron chi connectivity index (χ0n) is 16.2. The number of guanidine groups is 1. The zero-order chi connectivity index (χ0) is 18.2. The monoisotopic (exact) mass is 347 g/mol. The van der Waals surface area contributed by atoms with Crippen LogP contribution in [0.15, 0.2) is 29.3 Å². The number of ether oxygens (including phenoxy) is 1. The third-order valence-corrected chi connectivity index (χ3v) is 4.59. The molecular formula is C19H33N5O. The first-order valence-electron chi connectivity index (χ1n) is 9.04. The second-order valence-corrected chi connectivity index (χ2v) is 6.98. The van der Waals surface area contributed by atoms with Crippen LogP contribution in [0.2, 0.25) is 0 Å². The largest absolute Gasteiger partial charge is 0.489 e. The van der Waals surface area contributed by atoms with Crippen LogP contribution >= 0.6 is 0 Å². The van der Waals surface area contributed by atoms with Crippen LogP contribution in [0.3, 0.4) is 0 Å². The van der Waals surface area contributed by atoms with E-state index in [4.69, 9.17) is 4.74 Å². The summed E-state index contributed by atoms with van der Waals surface area (Å²) in [6.45, 7) is 9.03. The molecule has 1 fully saturated rings. The molecule has 0 aromatic heterocycles. The Labute approximate surface area is 152 Å². The van der Waals surface area contributed by atoms with Gasteiger partial charge in [-0.15, -0.1) is 0 Å². The first kappa shape index (κ1) is 19.5. The third kappa shape index (κ3) is 6.55. The molecule has 1 aromatic rings. The Morgan fingerprint density at radius 1 is 1.32 bits per heavy atom. The van der Waals surface area contributed by atoms with Gasteiger partial charge in [0.1, 0.15) is 11.9 Å². The smallest absolute Gasteiger partial charge is 0.191 e. The lowest BCUT2D eigenvalue weighted by molar-refractivity contribution is 0.116. The van der Waals surface area contributed by atoms with E-state index in [1.807, 2.05) is 12.1 Å². The number of nitrogens with one attached hydrogen (secondary N) is 2. The highest BCUT2D eigenvalue weighted by atomic mass is 16.5. The second-order valence-electron chi connectivity index (χ2n) is 6.98. The van der Waals surface area contributed by atoms with E-state index in [1.54, 1.807) is 7.05 Å². The van der Waals surface area contributed by atoms with E-state index in [0.717, 1.165) is 37.9 Å². The lowest BCUT2D eigenvalue weighted by Gasteiger charge is -2.38. The van der Waals surface area contributed by atoms with Gasteiger partial charge in [0.05, 0.1) is 6.54 Å². The van der Waals surface area contributed by atoms with Gasteiger partial charge in [0.15, 0.2) is 5.96 Å². The Kier molecular flexibility index (Phi) is 7.52. The quantitative estimate of drug-likeness (QED) is 0.598. The molecule has 2 rings (SSSR count). The van der Waals surface area contributed by atoms with Gasteiger partial charge in [0, 0.05) is 39.3 Å². The number of nitrogens with zero attached hydrogens (tertiary/aromatic N) is 3. The zero-order valence-corrected chi connectivity index (χ0v) is 16.2. The van der Waals surface area contributed by atoms with Crippen molar-refractivity contribution in [1.29, 1.82) is 0 Å². The Bertz CT molecular complexity index is 563. The van der Waals surface area contributed by atoms with Crippen molar-refractivity contribution in [2.45, 2.75) is 26.0 Å². The van der Waals surface area contributed by atoms with E-state index in [-0.39, 0.29) is 6.10 Å². The maximum absolute atomic E-state index is 5.96. The predicted molar refractivity (Wildman–Crippen MR) is 105 cm³/mol. The minimum Gasteiger partial charge on any atom is -0.489 e. The van der Waals surface area contributed by atoms with Crippen molar-refractivity contribution in [1.82, 2.24) is 20.4 Å². The molecule has 6 nitrogen and oxygen atoms in total. The summed E-state index contributed by atoms with van der Waals surface area (Å²) in [4.78, 5) is 9.10. The molecule has 0 radical (unpaired) electrons. The minimum atomic E-state index is 0.0591. The summed E-state index contributed by atoms with van der Waals surface area (Å²) in [5, 5.41) is 6.78. The summed E-state index contributed by atoms with van der Waals surface area (Å²) in [6, 6.07) is 8.63. The van der Waals surface area contributed by atoms with Gasteiger partial charge in [-0.1, -0.05) is 12.1 Å². The fourth-order valence-electron chi connectivity index (χ4n) is 2.96. The SMILES string of the molecule is CN=C(NCC(C)Oc1cccc(C)c1)NCC1CN(C)CCN1C. The lowest BCUT2D eigenvalue weighted by Crippen LogP contribution is -2.55. The molecule has 0 saturated carbocycles. The summed E-state index contributed by atoms with van der Waals surface area (Å²) >= 11 is 0. The van der Waals surface area contributed by atoms with Crippen molar-refractivity contribution >= 4 is 5.96 Å². The van der Waals surface area contributed by atoms with Crippen molar-refractivity contribution in [3.63, 3.8) is 0 Å². The number of aliphatic imine (C=N–C) groups is 1. The first-order chi connectivity index (χ1) is 12.0. The number of hydrogen-bond acceptors (Lipinski definition) is 4. The van der Waals surface area contributed by atoms with Crippen molar-refractivity contribution in [2.75, 3.05) is 53.9 Å². The highest BCUT2D eigenvalue weighted by Gasteiger charge is 2.22. The van der Waals surface area contributed by atoms with Gasteiger partial charge in [-0.25, -0.2) is 0 Å². The first-order valence-corrected chi connectivity index (χ1v) is 9.04. The second kappa shape index (κ2) is 9.63. The van der Waals surface area contributed by atoms with Crippen LogP contribution in [-0.2, 0) is 0 Å². The van der Waals surface area contributed by atoms with Gasteiger partial charge in [-0.2, -0.15) is 0 Å². The Morgan fingerprint density at radius 3 is 2.84 bits per heavy atom. The Balaban J connectivity index is 1.74. The molecule has 140 valence electrons. The molecule has 1 heterocycles.